The van der Waals surface area contributed by atoms with E-state index in [-0.39, 0.29) is 17.6 Å². The molecule has 0 aliphatic carbocycles. The molecule has 0 aromatic heterocycles. The smallest absolute Gasteiger partial charge is 0.147 e. The van der Waals surface area contributed by atoms with E-state index in [9.17, 15) is 9.90 Å². The van der Waals surface area contributed by atoms with E-state index in [0.29, 0.717) is 17.8 Å². The molecule has 0 heterocycles. The highest BCUT2D eigenvalue weighted by Crippen LogP contribution is 2.28. The molecule has 0 aliphatic rings. The summed E-state index contributed by atoms with van der Waals surface area (Å²) in [5.41, 5.74) is 1.80. The number of hydrogen-bond donors (Lipinski definition) is 2. The second-order valence-corrected chi connectivity index (χ2v) is 5.10. The molecule has 1 atom stereocenters. The van der Waals surface area contributed by atoms with E-state index in [4.69, 9.17) is 0 Å². The first-order valence-electron chi connectivity index (χ1n) is 7.55. The van der Waals surface area contributed by atoms with E-state index in [2.05, 4.69) is 28.7 Å². The fourth-order valence-corrected chi connectivity index (χ4v) is 1.98. The fraction of sp³-hybridized carbons (Fsp3) is 0.211. The minimum atomic E-state index is -0.272. The molecule has 0 fully saturated rings. The first-order chi connectivity index (χ1) is 11.5. The summed E-state index contributed by atoms with van der Waals surface area (Å²) in [6, 6.07) is 4.76. The molecule has 5 heteroatoms. The van der Waals surface area contributed by atoms with Gasteiger partial charge in [0, 0.05) is 0 Å². The largest absolute Gasteiger partial charge is 0.506 e. The van der Waals surface area contributed by atoms with Gasteiger partial charge in [-0.3, -0.25) is 4.79 Å². The number of ketones is 1. The molecule has 0 radical (unpaired) electrons. The molecule has 1 aromatic rings. The highest BCUT2D eigenvalue weighted by molar-refractivity contribution is 5.81. The number of nitrogens with zero attached hydrogens (tertiary/aromatic N) is 2. The Morgan fingerprint density at radius 2 is 2.12 bits per heavy atom. The molecule has 0 spiro atoms. The van der Waals surface area contributed by atoms with Crippen molar-refractivity contribution in [2.45, 2.75) is 19.4 Å². The van der Waals surface area contributed by atoms with Gasteiger partial charge in [-0.1, -0.05) is 37.5 Å². The lowest BCUT2D eigenvalue weighted by atomic mass is 10.0. The number of aromatic hydroxyl groups is 1. The summed E-state index contributed by atoms with van der Waals surface area (Å²) in [7, 11) is 1.74. The van der Waals surface area contributed by atoms with E-state index in [1.807, 2.05) is 0 Å². The van der Waals surface area contributed by atoms with E-state index < -0.39 is 0 Å². The topological polar surface area (TPSA) is 74.0 Å². The Morgan fingerprint density at radius 1 is 1.38 bits per heavy atom. The molecule has 1 rings (SSSR count). The number of hydrogen-bond acceptors (Lipinski definition) is 5. The molecule has 5 nitrogen and oxygen atoms in total. The molecule has 2 N–H and O–H groups in total. The van der Waals surface area contributed by atoms with Crippen LogP contribution in [0.25, 0.3) is 0 Å². The van der Waals surface area contributed by atoms with Crippen LogP contribution < -0.4 is 5.32 Å². The summed E-state index contributed by atoms with van der Waals surface area (Å²) < 4.78 is 0. The SMILES string of the molecule is C=C/C=C\C(=C/C=C)N=Nc1cc(CC(NC)C(C)=O)ccc1O. The maximum atomic E-state index is 11.5. The van der Waals surface area contributed by atoms with E-state index in [0.717, 1.165) is 5.56 Å². The zero-order valence-corrected chi connectivity index (χ0v) is 14.1. The molecule has 24 heavy (non-hydrogen) atoms. The molecule has 1 aromatic carbocycles. The maximum Gasteiger partial charge on any atom is 0.147 e. The van der Waals surface area contributed by atoms with Crippen LogP contribution in [-0.2, 0) is 11.2 Å². The number of nitrogens with one attached hydrogen (secondary N) is 1. The summed E-state index contributed by atoms with van der Waals surface area (Å²) in [6.45, 7) is 8.77. The Morgan fingerprint density at radius 3 is 2.71 bits per heavy atom. The van der Waals surface area contributed by atoms with Crippen LogP contribution in [0.5, 0.6) is 5.75 Å². The van der Waals surface area contributed by atoms with Crippen LogP contribution in [0.1, 0.15) is 12.5 Å². The Hall–Kier alpha value is -2.79. The number of carbonyl (C=O) groups excluding carboxylic acids is 1. The van der Waals surface area contributed by atoms with Gasteiger partial charge in [0.25, 0.3) is 0 Å². The Kier molecular flexibility index (Phi) is 8.08. The average molecular weight is 325 g/mol. The summed E-state index contributed by atoms with van der Waals surface area (Å²) in [4.78, 5) is 11.5. The number of rotatable bonds is 9. The Bertz CT molecular complexity index is 688. The number of Topliss-reactive ketones (excluding diaryl/α,β-unsaturated/α-hetero) is 1. The van der Waals surface area contributed by atoms with Crippen molar-refractivity contribution in [2.75, 3.05) is 7.05 Å². The molecule has 0 bridgehead atoms. The van der Waals surface area contributed by atoms with Crippen molar-refractivity contribution in [3.05, 3.63) is 73.0 Å². The number of azo groups is 1. The van der Waals surface area contributed by atoms with Gasteiger partial charge in [-0.15, -0.1) is 5.11 Å². The van der Waals surface area contributed by atoms with Gasteiger partial charge in [-0.05, 0) is 50.2 Å². The van der Waals surface area contributed by atoms with Crippen molar-refractivity contribution in [2.24, 2.45) is 10.2 Å². The van der Waals surface area contributed by atoms with Crippen LogP contribution in [0.15, 0.2) is 77.7 Å². The van der Waals surface area contributed by atoms with Gasteiger partial charge >= 0.3 is 0 Å². The zero-order valence-electron chi connectivity index (χ0n) is 14.1. The molecular formula is C19H23N3O2. The molecule has 0 aliphatic heterocycles. The number of carbonyl (C=O) groups is 1. The minimum Gasteiger partial charge on any atom is -0.506 e. The van der Waals surface area contributed by atoms with Gasteiger partial charge in [0.05, 0.1) is 11.7 Å². The van der Waals surface area contributed by atoms with E-state index >= 15 is 0 Å². The molecule has 0 saturated heterocycles. The molecule has 0 saturated carbocycles. The normalized spacial score (nSPS) is 13.3. The third-order valence-electron chi connectivity index (χ3n) is 3.28. The van der Waals surface area contributed by atoms with Gasteiger partial charge in [0.15, 0.2) is 0 Å². The first kappa shape index (κ1) is 19.3. The third-order valence-corrected chi connectivity index (χ3v) is 3.28. The lowest BCUT2D eigenvalue weighted by Crippen LogP contribution is -2.34. The standard InChI is InChI=1S/C19H23N3O2/c1-5-7-9-16(8-6-2)21-22-18-13-15(10-11-19(18)24)12-17(20-4)14(3)23/h5-11,13,17,20,24H,1-2,12H2,3-4H3/b9-7-,16-8+,22-21?. The number of allylic oxidation sites excluding steroid dienone is 5. The van der Waals surface area contributed by atoms with Crippen molar-refractivity contribution in [1.29, 1.82) is 0 Å². The van der Waals surface area contributed by atoms with Crippen LogP contribution in [0.4, 0.5) is 5.69 Å². The molecule has 126 valence electrons. The quantitative estimate of drug-likeness (QED) is 0.532. The van der Waals surface area contributed by atoms with Crippen LogP contribution in [-0.4, -0.2) is 24.0 Å². The average Bonchev–Trinajstić information content (AvgIpc) is 2.56. The highest BCUT2D eigenvalue weighted by Gasteiger charge is 2.13. The van der Waals surface area contributed by atoms with Gasteiger partial charge in [0.1, 0.15) is 17.2 Å². The van der Waals surface area contributed by atoms with Gasteiger partial charge in [-0.2, -0.15) is 5.11 Å². The second kappa shape index (κ2) is 10.1. The van der Waals surface area contributed by atoms with Crippen molar-refractivity contribution >= 4 is 11.5 Å². The zero-order chi connectivity index (χ0) is 17.9. The number of phenolic OH excluding ortho intramolecular Hbond substituents is 1. The monoisotopic (exact) mass is 325 g/mol. The fourth-order valence-electron chi connectivity index (χ4n) is 1.98. The van der Waals surface area contributed by atoms with Crippen molar-refractivity contribution in [3.8, 4) is 5.75 Å². The van der Waals surface area contributed by atoms with E-state index in [1.165, 1.54) is 0 Å². The Balaban J connectivity index is 3.04. The Labute approximate surface area is 142 Å². The lowest BCUT2D eigenvalue weighted by molar-refractivity contribution is -0.118. The summed E-state index contributed by atoms with van der Waals surface area (Å²) >= 11 is 0. The van der Waals surface area contributed by atoms with Gasteiger partial charge < -0.3 is 10.4 Å². The molecular weight excluding hydrogens is 302 g/mol. The van der Waals surface area contributed by atoms with Crippen molar-refractivity contribution in [1.82, 2.24) is 5.32 Å². The predicted octanol–water partition coefficient (Wildman–Crippen LogP) is 4.01. The van der Waals surface area contributed by atoms with Crippen LogP contribution in [0, 0.1) is 0 Å². The van der Waals surface area contributed by atoms with Crippen molar-refractivity contribution in [3.63, 3.8) is 0 Å². The van der Waals surface area contributed by atoms with Crippen molar-refractivity contribution < 1.29 is 9.90 Å². The number of phenols is 1. The number of likely N-dealkylation sites (N-methyl/N-ethyl adjacent to an activating group) is 1. The van der Waals surface area contributed by atoms with Gasteiger partial charge in [0.2, 0.25) is 0 Å². The summed E-state index contributed by atoms with van der Waals surface area (Å²) in [6.07, 6.45) is 8.89. The lowest BCUT2D eigenvalue weighted by Gasteiger charge is -2.13. The highest BCUT2D eigenvalue weighted by atomic mass is 16.3. The third kappa shape index (κ3) is 6.14. The molecule has 0 amide bonds. The van der Waals surface area contributed by atoms with Crippen LogP contribution in [0.3, 0.4) is 0 Å². The second-order valence-electron chi connectivity index (χ2n) is 5.10. The summed E-state index contributed by atoms with van der Waals surface area (Å²) in [5.74, 6) is 0.0801. The van der Waals surface area contributed by atoms with Crippen LogP contribution in [0.2, 0.25) is 0 Å². The number of benzene rings is 1. The predicted molar refractivity (Wildman–Crippen MR) is 97.5 cm³/mol. The molecule has 1 unspecified atom stereocenters. The summed E-state index contributed by atoms with van der Waals surface area (Å²) in [5, 5.41) is 21.1. The minimum absolute atomic E-state index is 0.0250. The van der Waals surface area contributed by atoms with Crippen LogP contribution >= 0.6 is 0 Å². The maximum absolute atomic E-state index is 11.5. The van der Waals surface area contributed by atoms with Gasteiger partial charge in [-0.25, -0.2) is 0 Å². The first-order valence-corrected chi connectivity index (χ1v) is 7.55. The van der Waals surface area contributed by atoms with E-state index in [1.54, 1.807) is 62.6 Å².